The van der Waals surface area contributed by atoms with E-state index in [9.17, 15) is 5.11 Å². The van der Waals surface area contributed by atoms with Gasteiger partial charge in [0.25, 0.3) is 0 Å². The van der Waals surface area contributed by atoms with Crippen LogP contribution in [0.3, 0.4) is 0 Å². The first-order chi connectivity index (χ1) is 7.83. The van der Waals surface area contributed by atoms with E-state index in [1.807, 2.05) is 25.1 Å². The van der Waals surface area contributed by atoms with Crippen molar-refractivity contribution in [3.8, 4) is 0 Å². The van der Waals surface area contributed by atoms with Crippen LogP contribution < -0.4 is 10.2 Å². The Morgan fingerprint density at radius 3 is 2.69 bits per heavy atom. The minimum absolute atomic E-state index is 0.342. The Bertz CT molecular complexity index is 334. The van der Waals surface area contributed by atoms with E-state index in [4.69, 9.17) is 0 Å². The standard InChI is InChI=1S/C13H20N2O/c1-2-13(16)11-5-3-4-6-12(11)15-9-7-14-8-10-15/h3-6,13-14,16H,2,7-10H2,1H3. The maximum Gasteiger partial charge on any atom is 0.0807 e. The van der Waals surface area contributed by atoms with Gasteiger partial charge in [-0.1, -0.05) is 25.1 Å². The monoisotopic (exact) mass is 220 g/mol. The third-order valence-electron chi connectivity index (χ3n) is 3.14. The lowest BCUT2D eigenvalue weighted by Crippen LogP contribution is -2.44. The summed E-state index contributed by atoms with van der Waals surface area (Å²) >= 11 is 0. The summed E-state index contributed by atoms with van der Waals surface area (Å²) in [6.07, 6.45) is 0.425. The number of nitrogens with one attached hydrogen (secondary N) is 1. The van der Waals surface area contributed by atoms with Gasteiger partial charge >= 0.3 is 0 Å². The molecule has 1 aliphatic rings. The van der Waals surface area contributed by atoms with E-state index < -0.39 is 0 Å². The van der Waals surface area contributed by atoms with Crippen LogP contribution in [0.25, 0.3) is 0 Å². The van der Waals surface area contributed by atoms with E-state index in [0.29, 0.717) is 0 Å². The average molecular weight is 220 g/mol. The molecule has 0 aromatic heterocycles. The SMILES string of the molecule is CCC(O)c1ccccc1N1CCNCC1. The summed E-state index contributed by atoms with van der Waals surface area (Å²) in [6.45, 7) is 6.10. The van der Waals surface area contributed by atoms with Crippen LogP contribution in [0.4, 0.5) is 5.69 Å². The Labute approximate surface area is 97.1 Å². The van der Waals surface area contributed by atoms with Gasteiger partial charge in [-0.15, -0.1) is 0 Å². The lowest BCUT2D eigenvalue weighted by molar-refractivity contribution is 0.174. The zero-order valence-electron chi connectivity index (χ0n) is 9.82. The largest absolute Gasteiger partial charge is 0.388 e. The molecule has 3 nitrogen and oxygen atoms in total. The second-order valence-corrected chi connectivity index (χ2v) is 4.22. The highest BCUT2D eigenvalue weighted by molar-refractivity contribution is 5.55. The first-order valence-electron chi connectivity index (χ1n) is 6.05. The van der Waals surface area contributed by atoms with Crippen LogP contribution in [0.2, 0.25) is 0 Å². The van der Waals surface area contributed by atoms with E-state index in [0.717, 1.165) is 38.2 Å². The Morgan fingerprint density at radius 1 is 1.31 bits per heavy atom. The van der Waals surface area contributed by atoms with Gasteiger partial charge in [-0.05, 0) is 12.5 Å². The molecule has 16 heavy (non-hydrogen) atoms. The van der Waals surface area contributed by atoms with Crippen molar-refractivity contribution < 1.29 is 5.11 Å². The molecule has 1 fully saturated rings. The highest BCUT2D eigenvalue weighted by Gasteiger charge is 2.16. The molecule has 0 bridgehead atoms. The summed E-state index contributed by atoms with van der Waals surface area (Å²) in [5, 5.41) is 13.3. The van der Waals surface area contributed by atoms with Crippen molar-refractivity contribution in [1.29, 1.82) is 0 Å². The third kappa shape index (κ3) is 2.36. The van der Waals surface area contributed by atoms with Crippen LogP contribution in [0.15, 0.2) is 24.3 Å². The van der Waals surface area contributed by atoms with Gasteiger partial charge in [0.05, 0.1) is 6.10 Å². The molecule has 0 radical (unpaired) electrons. The summed E-state index contributed by atoms with van der Waals surface area (Å²) in [5.74, 6) is 0. The van der Waals surface area contributed by atoms with Crippen molar-refractivity contribution >= 4 is 5.69 Å². The van der Waals surface area contributed by atoms with Crippen molar-refractivity contribution in [1.82, 2.24) is 5.32 Å². The number of benzene rings is 1. The Morgan fingerprint density at radius 2 is 2.00 bits per heavy atom. The number of aliphatic hydroxyl groups excluding tert-OH is 1. The van der Waals surface area contributed by atoms with E-state index in [2.05, 4.69) is 16.3 Å². The molecule has 1 saturated heterocycles. The first kappa shape index (κ1) is 11.4. The average Bonchev–Trinajstić information content (AvgIpc) is 2.39. The van der Waals surface area contributed by atoms with Gasteiger partial charge in [0.2, 0.25) is 0 Å². The molecule has 0 spiro atoms. The van der Waals surface area contributed by atoms with Crippen molar-refractivity contribution in [3.05, 3.63) is 29.8 Å². The Balaban J connectivity index is 2.24. The van der Waals surface area contributed by atoms with Crippen molar-refractivity contribution in [2.75, 3.05) is 31.1 Å². The molecule has 88 valence electrons. The second-order valence-electron chi connectivity index (χ2n) is 4.22. The number of hydrogen-bond acceptors (Lipinski definition) is 3. The molecular formula is C13H20N2O. The lowest BCUT2D eigenvalue weighted by Gasteiger charge is -2.32. The molecule has 2 rings (SSSR count). The van der Waals surface area contributed by atoms with Gasteiger partial charge < -0.3 is 15.3 Å². The predicted molar refractivity (Wildman–Crippen MR) is 66.8 cm³/mol. The number of para-hydroxylation sites is 1. The summed E-state index contributed by atoms with van der Waals surface area (Å²) in [5.41, 5.74) is 2.25. The number of rotatable bonds is 3. The zero-order chi connectivity index (χ0) is 11.4. The number of piperazine rings is 1. The smallest absolute Gasteiger partial charge is 0.0807 e. The third-order valence-corrected chi connectivity index (χ3v) is 3.14. The van der Waals surface area contributed by atoms with Gasteiger partial charge in [0.15, 0.2) is 0 Å². The van der Waals surface area contributed by atoms with Gasteiger partial charge in [-0.3, -0.25) is 0 Å². The van der Waals surface area contributed by atoms with E-state index >= 15 is 0 Å². The van der Waals surface area contributed by atoms with Crippen LogP contribution in [-0.4, -0.2) is 31.3 Å². The fourth-order valence-electron chi connectivity index (χ4n) is 2.18. The maximum atomic E-state index is 10.00. The van der Waals surface area contributed by atoms with E-state index in [1.54, 1.807) is 0 Å². The van der Waals surface area contributed by atoms with Gasteiger partial charge in [-0.25, -0.2) is 0 Å². The zero-order valence-corrected chi connectivity index (χ0v) is 9.82. The van der Waals surface area contributed by atoms with Gasteiger partial charge in [0.1, 0.15) is 0 Å². The molecule has 0 aliphatic carbocycles. The Kier molecular flexibility index (Phi) is 3.80. The number of nitrogens with zero attached hydrogens (tertiary/aromatic N) is 1. The minimum Gasteiger partial charge on any atom is -0.388 e. The van der Waals surface area contributed by atoms with Gasteiger partial charge in [-0.2, -0.15) is 0 Å². The lowest BCUT2D eigenvalue weighted by atomic mass is 10.0. The highest BCUT2D eigenvalue weighted by atomic mass is 16.3. The molecule has 1 aliphatic heterocycles. The van der Waals surface area contributed by atoms with Crippen molar-refractivity contribution in [2.24, 2.45) is 0 Å². The summed E-state index contributed by atoms with van der Waals surface area (Å²) in [4.78, 5) is 2.35. The normalized spacial score (nSPS) is 18.5. The molecule has 1 unspecified atom stereocenters. The Hall–Kier alpha value is -1.06. The molecule has 0 amide bonds. The highest BCUT2D eigenvalue weighted by Crippen LogP contribution is 2.28. The molecule has 1 atom stereocenters. The van der Waals surface area contributed by atoms with Crippen LogP contribution in [0, 0.1) is 0 Å². The molecule has 1 heterocycles. The molecule has 1 aromatic carbocycles. The topological polar surface area (TPSA) is 35.5 Å². The maximum absolute atomic E-state index is 10.00. The van der Waals surface area contributed by atoms with Crippen LogP contribution in [0.5, 0.6) is 0 Å². The molecule has 0 saturated carbocycles. The number of aliphatic hydroxyl groups is 1. The molecule has 1 aromatic rings. The second kappa shape index (κ2) is 5.32. The minimum atomic E-state index is -0.342. The predicted octanol–water partition coefficient (Wildman–Crippen LogP) is 1.54. The first-order valence-corrected chi connectivity index (χ1v) is 6.05. The van der Waals surface area contributed by atoms with E-state index in [-0.39, 0.29) is 6.10 Å². The number of anilines is 1. The van der Waals surface area contributed by atoms with E-state index in [1.165, 1.54) is 5.69 Å². The number of hydrogen-bond donors (Lipinski definition) is 2. The van der Waals surface area contributed by atoms with Crippen LogP contribution >= 0.6 is 0 Å². The summed E-state index contributed by atoms with van der Waals surface area (Å²) < 4.78 is 0. The van der Waals surface area contributed by atoms with Crippen LogP contribution in [0.1, 0.15) is 25.0 Å². The summed E-state index contributed by atoms with van der Waals surface area (Å²) in [7, 11) is 0. The molecular weight excluding hydrogens is 200 g/mol. The van der Waals surface area contributed by atoms with Crippen LogP contribution in [-0.2, 0) is 0 Å². The summed E-state index contributed by atoms with van der Waals surface area (Å²) in [6, 6.07) is 8.19. The van der Waals surface area contributed by atoms with Gasteiger partial charge in [0, 0.05) is 37.4 Å². The fraction of sp³-hybridized carbons (Fsp3) is 0.538. The van der Waals surface area contributed by atoms with Crippen molar-refractivity contribution in [3.63, 3.8) is 0 Å². The fourth-order valence-corrected chi connectivity index (χ4v) is 2.18. The van der Waals surface area contributed by atoms with Crippen molar-refractivity contribution in [2.45, 2.75) is 19.4 Å². The quantitative estimate of drug-likeness (QED) is 0.811. The molecule has 2 N–H and O–H groups in total. The molecule has 3 heteroatoms.